The molecule has 4 rings (SSSR count). The number of nitrogens with zero attached hydrogens (tertiary/aromatic N) is 3. The second-order valence-electron chi connectivity index (χ2n) is 9.55. The van der Waals surface area contributed by atoms with E-state index in [1.807, 2.05) is 48.2 Å². The van der Waals surface area contributed by atoms with Crippen LogP contribution < -0.4 is 10.1 Å². The smallest absolute Gasteiger partial charge is 0.322 e. The number of nitrogens with one attached hydrogen (secondary N) is 1. The van der Waals surface area contributed by atoms with Gasteiger partial charge in [-0.15, -0.1) is 0 Å². The molecule has 1 aromatic carbocycles. The first-order chi connectivity index (χ1) is 16.6. The monoisotopic (exact) mass is 464 g/mol. The van der Waals surface area contributed by atoms with Gasteiger partial charge in [0.2, 0.25) is 5.91 Å². The van der Waals surface area contributed by atoms with Crippen molar-refractivity contribution in [3.8, 4) is 11.8 Å². The number of ketones is 1. The summed E-state index contributed by atoms with van der Waals surface area (Å²) in [6.07, 6.45) is 9.32. The van der Waals surface area contributed by atoms with Gasteiger partial charge in [0, 0.05) is 25.1 Å². The zero-order valence-electron chi connectivity index (χ0n) is 20.3. The maximum Gasteiger partial charge on any atom is 0.322 e. The van der Waals surface area contributed by atoms with Crippen LogP contribution in [0.3, 0.4) is 0 Å². The molecular formula is C27H36N4O3. The van der Waals surface area contributed by atoms with Crippen molar-refractivity contribution in [2.75, 3.05) is 13.6 Å². The summed E-state index contributed by atoms with van der Waals surface area (Å²) in [5.74, 6) is 0.912. The zero-order chi connectivity index (χ0) is 23.9. The van der Waals surface area contributed by atoms with Crippen LogP contribution >= 0.6 is 0 Å². The molecule has 182 valence electrons. The fourth-order valence-electron chi connectivity index (χ4n) is 5.28. The molecule has 34 heavy (non-hydrogen) atoms. The number of aromatic nitrogens is 2. The summed E-state index contributed by atoms with van der Waals surface area (Å²) < 4.78 is 5.83. The highest BCUT2D eigenvalue weighted by Crippen LogP contribution is 2.38. The molecule has 0 radical (unpaired) electrons. The Morgan fingerprint density at radius 2 is 1.85 bits per heavy atom. The minimum absolute atomic E-state index is 0.107. The van der Waals surface area contributed by atoms with Gasteiger partial charge in [-0.05, 0) is 63.8 Å². The minimum atomic E-state index is -0.258. The predicted octanol–water partition coefficient (Wildman–Crippen LogP) is 4.70. The number of amides is 1. The second kappa shape index (κ2) is 11.6. The molecule has 2 heterocycles. The van der Waals surface area contributed by atoms with Crippen molar-refractivity contribution in [2.24, 2.45) is 11.8 Å². The van der Waals surface area contributed by atoms with E-state index in [0.717, 1.165) is 44.2 Å². The first kappa shape index (κ1) is 24.3. The molecule has 2 fully saturated rings. The largest absolute Gasteiger partial charge is 0.424 e. The molecule has 2 aliphatic rings. The summed E-state index contributed by atoms with van der Waals surface area (Å²) in [6.45, 7) is 2.57. The van der Waals surface area contributed by atoms with Crippen LogP contribution in [0.25, 0.3) is 0 Å². The van der Waals surface area contributed by atoms with Crippen molar-refractivity contribution in [3.05, 3.63) is 48.3 Å². The van der Waals surface area contributed by atoms with Crippen molar-refractivity contribution in [3.63, 3.8) is 0 Å². The summed E-state index contributed by atoms with van der Waals surface area (Å²) in [4.78, 5) is 37.7. The normalized spacial score (nSPS) is 20.6. The van der Waals surface area contributed by atoms with Crippen LogP contribution in [0.1, 0.15) is 70.0 Å². The Bertz CT molecular complexity index is 961. The topological polar surface area (TPSA) is 84.4 Å². The lowest BCUT2D eigenvalue weighted by atomic mass is 9.76. The number of hydrogen-bond acceptors (Lipinski definition) is 6. The number of Topliss-reactive ketones (excluding diaryl/α,β-unsaturated/α-hetero) is 1. The van der Waals surface area contributed by atoms with Gasteiger partial charge in [-0.25, -0.2) is 4.98 Å². The average Bonchev–Trinajstić information content (AvgIpc) is 3.38. The molecular weight excluding hydrogens is 428 g/mol. The summed E-state index contributed by atoms with van der Waals surface area (Å²) in [6, 6.07) is 11.2. The number of hydrogen-bond donors (Lipinski definition) is 1. The van der Waals surface area contributed by atoms with Gasteiger partial charge in [-0.3, -0.25) is 9.59 Å². The van der Waals surface area contributed by atoms with E-state index in [-0.39, 0.29) is 41.6 Å². The van der Waals surface area contributed by atoms with Gasteiger partial charge in [0.15, 0.2) is 0 Å². The first-order valence-corrected chi connectivity index (χ1v) is 12.6. The molecule has 0 bridgehead atoms. The van der Waals surface area contributed by atoms with Crippen molar-refractivity contribution < 1.29 is 14.3 Å². The Kier molecular flexibility index (Phi) is 8.27. The van der Waals surface area contributed by atoms with E-state index in [1.54, 1.807) is 13.2 Å². The standard InChI is InChI=1S/C27H36N4O3/c1-19(28-2)25(32)18-22(20-10-5-3-6-11-20)26(33)31-17-9-14-24(31)23-15-16-29-27(30-23)34-21-12-7-4-8-13-21/h4,7-8,12-13,15-16,19-20,22,24,28H,3,5-6,9-11,14,17-18H2,1-2H3/t19-,22-,24-/m0/s1. The first-order valence-electron chi connectivity index (χ1n) is 12.6. The molecule has 7 nitrogen and oxygen atoms in total. The average molecular weight is 465 g/mol. The zero-order valence-corrected chi connectivity index (χ0v) is 20.3. The number of rotatable bonds is 9. The molecule has 1 amide bonds. The van der Waals surface area contributed by atoms with Gasteiger partial charge in [-0.2, -0.15) is 4.98 Å². The van der Waals surface area contributed by atoms with Gasteiger partial charge in [-0.1, -0.05) is 37.5 Å². The molecule has 0 spiro atoms. The number of carbonyl (C=O) groups is 2. The molecule has 1 aliphatic heterocycles. The number of likely N-dealkylation sites (N-methyl/N-ethyl adjacent to an activating group) is 1. The lowest BCUT2D eigenvalue weighted by molar-refractivity contribution is -0.141. The molecule has 1 aliphatic carbocycles. The summed E-state index contributed by atoms with van der Waals surface area (Å²) in [5, 5.41) is 3.04. The van der Waals surface area contributed by atoms with E-state index in [2.05, 4.69) is 15.3 Å². The quantitative estimate of drug-likeness (QED) is 0.579. The van der Waals surface area contributed by atoms with Crippen molar-refractivity contribution in [1.82, 2.24) is 20.2 Å². The van der Waals surface area contributed by atoms with Crippen LogP contribution in [0.4, 0.5) is 0 Å². The third-order valence-corrected chi connectivity index (χ3v) is 7.36. The number of likely N-dealkylation sites (tertiary alicyclic amines) is 1. The van der Waals surface area contributed by atoms with E-state index in [4.69, 9.17) is 4.74 Å². The highest BCUT2D eigenvalue weighted by atomic mass is 16.5. The summed E-state index contributed by atoms with van der Waals surface area (Å²) in [5.41, 5.74) is 0.795. The van der Waals surface area contributed by atoms with E-state index in [0.29, 0.717) is 18.7 Å². The van der Waals surface area contributed by atoms with Crippen LogP contribution in [0.15, 0.2) is 42.6 Å². The maximum absolute atomic E-state index is 13.9. The molecule has 1 saturated heterocycles. The maximum atomic E-state index is 13.9. The SMILES string of the molecule is CN[C@@H](C)C(=O)C[C@H](C(=O)N1CCC[C@H]1c1ccnc(Oc2ccccc2)n1)C1CCCCC1. The van der Waals surface area contributed by atoms with E-state index in [1.165, 1.54) is 6.42 Å². The van der Waals surface area contributed by atoms with Gasteiger partial charge < -0.3 is 15.0 Å². The van der Waals surface area contributed by atoms with Crippen LogP contribution in [-0.2, 0) is 9.59 Å². The van der Waals surface area contributed by atoms with Gasteiger partial charge in [0.1, 0.15) is 11.5 Å². The van der Waals surface area contributed by atoms with Crippen LogP contribution in [0.2, 0.25) is 0 Å². The molecule has 1 N–H and O–H groups in total. The molecule has 1 saturated carbocycles. The van der Waals surface area contributed by atoms with Crippen molar-refractivity contribution in [1.29, 1.82) is 0 Å². The molecule has 7 heteroatoms. The fourth-order valence-corrected chi connectivity index (χ4v) is 5.28. The summed E-state index contributed by atoms with van der Waals surface area (Å²) in [7, 11) is 1.79. The molecule has 3 atom stereocenters. The Balaban J connectivity index is 1.53. The molecule has 1 aromatic heterocycles. The number of para-hydroxylation sites is 1. The van der Waals surface area contributed by atoms with Gasteiger partial charge >= 0.3 is 6.01 Å². The Labute approximate surface area is 202 Å². The Hall–Kier alpha value is -2.80. The third kappa shape index (κ3) is 5.81. The van der Waals surface area contributed by atoms with Crippen LogP contribution in [0, 0.1) is 11.8 Å². The van der Waals surface area contributed by atoms with E-state index < -0.39 is 0 Å². The van der Waals surface area contributed by atoms with Gasteiger partial charge in [0.25, 0.3) is 0 Å². The number of ether oxygens (including phenoxy) is 1. The summed E-state index contributed by atoms with van der Waals surface area (Å²) >= 11 is 0. The number of benzene rings is 1. The van der Waals surface area contributed by atoms with Crippen molar-refractivity contribution >= 4 is 11.7 Å². The Morgan fingerprint density at radius 3 is 2.59 bits per heavy atom. The minimum Gasteiger partial charge on any atom is -0.424 e. The van der Waals surface area contributed by atoms with Gasteiger partial charge in [0.05, 0.1) is 17.8 Å². The fraction of sp³-hybridized carbons (Fsp3) is 0.556. The van der Waals surface area contributed by atoms with Crippen LogP contribution in [0.5, 0.6) is 11.8 Å². The molecule has 2 aromatic rings. The van der Waals surface area contributed by atoms with Crippen molar-refractivity contribution in [2.45, 2.75) is 70.4 Å². The van der Waals surface area contributed by atoms with E-state index >= 15 is 0 Å². The third-order valence-electron chi connectivity index (χ3n) is 7.36. The Morgan fingerprint density at radius 1 is 1.09 bits per heavy atom. The second-order valence-corrected chi connectivity index (χ2v) is 9.55. The molecule has 0 unspecified atom stereocenters. The lowest BCUT2D eigenvalue weighted by Gasteiger charge is -2.34. The van der Waals surface area contributed by atoms with Crippen LogP contribution in [-0.4, -0.2) is 46.2 Å². The highest BCUT2D eigenvalue weighted by Gasteiger charge is 2.39. The predicted molar refractivity (Wildman–Crippen MR) is 130 cm³/mol. The highest BCUT2D eigenvalue weighted by molar-refractivity contribution is 5.90. The number of carbonyl (C=O) groups excluding carboxylic acids is 2. The lowest BCUT2D eigenvalue weighted by Crippen LogP contribution is -2.42. The van der Waals surface area contributed by atoms with E-state index in [9.17, 15) is 9.59 Å².